The lowest BCUT2D eigenvalue weighted by atomic mass is 10.2. The van der Waals surface area contributed by atoms with Crippen molar-refractivity contribution in [3.63, 3.8) is 0 Å². The second kappa shape index (κ2) is 4.60. The number of pyridine rings is 1. The van der Waals surface area contributed by atoms with Crippen molar-refractivity contribution in [3.05, 3.63) is 30.4 Å². The Morgan fingerprint density at radius 1 is 1.41 bits per heavy atom. The van der Waals surface area contributed by atoms with E-state index in [1.807, 2.05) is 12.1 Å². The molecule has 1 saturated heterocycles. The van der Waals surface area contributed by atoms with Crippen molar-refractivity contribution >= 4 is 0 Å². The number of rotatable bonds is 2. The number of nitrogens with one attached hydrogen (secondary N) is 1. The molecule has 1 atom stereocenters. The molecule has 0 radical (unpaired) electrons. The first-order valence-electron chi connectivity index (χ1n) is 5.50. The summed E-state index contributed by atoms with van der Waals surface area (Å²) in [7, 11) is 0. The summed E-state index contributed by atoms with van der Waals surface area (Å²) in [6, 6.07) is 3.73. The Morgan fingerprint density at radius 3 is 3.18 bits per heavy atom. The van der Waals surface area contributed by atoms with Crippen molar-refractivity contribution in [2.45, 2.75) is 6.10 Å². The highest BCUT2D eigenvalue weighted by atomic mass is 16.5. The third-order valence-electron chi connectivity index (χ3n) is 2.56. The maximum Gasteiger partial charge on any atom is 0.257 e. The lowest BCUT2D eigenvalue weighted by Gasteiger charge is -2.19. The zero-order chi connectivity index (χ0) is 11.5. The number of aromatic nitrogens is 3. The fourth-order valence-corrected chi connectivity index (χ4v) is 1.70. The van der Waals surface area contributed by atoms with Gasteiger partial charge in [0.15, 0.2) is 0 Å². The van der Waals surface area contributed by atoms with E-state index < -0.39 is 0 Å². The van der Waals surface area contributed by atoms with E-state index in [4.69, 9.17) is 9.26 Å². The third-order valence-corrected chi connectivity index (χ3v) is 2.56. The quantitative estimate of drug-likeness (QED) is 0.825. The zero-order valence-electron chi connectivity index (χ0n) is 9.17. The monoisotopic (exact) mass is 232 g/mol. The lowest BCUT2D eigenvalue weighted by molar-refractivity contribution is 0.00755. The Bertz CT molecular complexity index is 479. The summed E-state index contributed by atoms with van der Waals surface area (Å²) in [5, 5.41) is 7.14. The molecule has 1 aliphatic heterocycles. The molecule has 2 aromatic rings. The summed E-state index contributed by atoms with van der Waals surface area (Å²) in [5.41, 5.74) is 0.839. The zero-order valence-corrected chi connectivity index (χ0v) is 9.17. The molecule has 6 nitrogen and oxygen atoms in total. The summed E-state index contributed by atoms with van der Waals surface area (Å²) in [5.74, 6) is 1.05. The average Bonchev–Trinajstić information content (AvgIpc) is 2.90. The lowest BCUT2D eigenvalue weighted by Crippen LogP contribution is -2.33. The van der Waals surface area contributed by atoms with Gasteiger partial charge in [0.25, 0.3) is 5.89 Å². The van der Waals surface area contributed by atoms with Crippen LogP contribution in [0.25, 0.3) is 11.4 Å². The van der Waals surface area contributed by atoms with Crippen molar-refractivity contribution < 1.29 is 9.26 Å². The summed E-state index contributed by atoms with van der Waals surface area (Å²) >= 11 is 0. The molecule has 1 aliphatic rings. The first kappa shape index (κ1) is 10.4. The molecule has 17 heavy (non-hydrogen) atoms. The van der Waals surface area contributed by atoms with Crippen LogP contribution in [0.2, 0.25) is 0 Å². The summed E-state index contributed by atoms with van der Waals surface area (Å²) in [4.78, 5) is 8.34. The van der Waals surface area contributed by atoms with Gasteiger partial charge in [-0.05, 0) is 12.1 Å². The molecular formula is C11H12N4O2. The van der Waals surface area contributed by atoms with Gasteiger partial charge >= 0.3 is 0 Å². The van der Waals surface area contributed by atoms with E-state index in [0.717, 1.165) is 12.1 Å². The van der Waals surface area contributed by atoms with Crippen LogP contribution in [0.1, 0.15) is 12.0 Å². The number of hydrogen-bond donors (Lipinski definition) is 1. The van der Waals surface area contributed by atoms with Gasteiger partial charge in [-0.3, -0.25) is 4.98 Å². The number of morpholine rings is 1. The largest absolute Gasteiger partial charge is 0.366 e. The van der Waals surface area contributed by atoms with Gasteiger partial charge < -0.3 is 14.6 Å². The molecule has 0 aliphatic carbocycles. The van der Waals surface area contributed by atoms with Crippen LogP contribution < -0.4 is 5.32 Å². The van der Waals surface area contributed by atoms with Gasteiger partial charge in [-0.15, -0.1) is 0 Å². The molecular weight excluding hydrogens is 220 g/mol. The highest BCUT2D eigenvalue weighted by Gasteiger charge is 2.22. The Kier molecular flexibility index (Phi) is 2.81. The first-order valence-corrected chi connectivity index (χ1v) is 5.50. The minimum atomic E-state index is -0.151. The fraction of sp³-hybridized carbons (Fsp3) is 0.364. The highest BCUT2D eigenvalue weighted by molar-refractivity contribution is 5.51. The molecule has 0 saturated carbocycles. The van der Waals surface area contributed by atoms with E-state index in [1.165, 1.54) is 0 Å². The predicted molar refractivity (Wildman–Crippen MR) is 59.1 cm³/mol. The van der Waals surface area contributed by atoms with Gasteiger partial charge in [0.05, 0.1) is 6.61 Å². The molecule has 3 heterocycles. The minimum Gasteiger partial charge on any atom is -0.366 e. The second-order valence-electron chi connectivity index (χ2n) is 3.76. The molecule has 88 valence electrons. The van der Waals surface area contributed by atoms with Crippen molar-refractivity contribution in [2.24, 2.45) is 0 Å². The van der Waals surface area contributed by atoms with Crippen LogP contribution in [0.3, 0.4) is 0 Å². The van der Waals surface area contributed by atoms with Crippen molar-refractivity contribution in [3.8, 4) is 11.4 Å². The molecule has 3 rings (SSSR count). The van der Waals surface area contributed by atoms with Crippen molar-refractivity contribution in [1.29, 1.82) is 0 Å². The minimum absolute atomic E-state index is 0.151. The molecule has 1 unspecified atom stereocenters. The van der Waals surface area contributed by atoms with Crippen molar-refractivity contribution in [1.82, 2.24) is 20.4 Å². The SMILES string of the molecule is c1cncc(-c2noc(C3CNCCO3)n2)c1. The normalized spacial score (nSPS) is 20.4. The molecule has 0 amide bonds. The van der Waals surface area contributed by atoms with E-state index in [0.29, 0.717) is 24.9 Å². The van der Waals surface area contributed by atoms with Gasteiger partial charge in [0.1, 0.15) is 6.10 Å². The summed E-state index contributed by atoms with van der Waals surface area (Å²) in [6.45, 7) is 2.23. The predicted octanol–water partition coefficient (Wildman–Crippen LogP) is 0.792. The summed E-state index contributed by atoms with van der Waals surface area (Å²) < 4.78 is 10.7. The van der Waals surface area contributed by atoms with Crippen LogP contribution in [0.5, 0.6) is 0 Å². The topological polar surface area (TPSA) is 73.1 Å². The summed E-state index contributed by atoms with van der Waals surface area (Å²) in [6.07, 6.45) is 3.26. The Labute approximate surface area is 98.0 Å². The number of hydrogen-bond acceptors (Lipinski definition) is 6. The molecule has 1 fully saturated rings. The van der Waals surface area contributed by atoms with E-state index in [-0.39, 0.29) is 6.10 Å². The molecule has 0 aromatic carbocycles. The van der Waals surface area contributed by atoms with Crippen molar-refractivity contribution in [2.75, 3.05) is 19.7 Å². The van der Waals surface area contributed by atoms with Crippen LogP contribution in [0.15, 0.2) is 29.0 Å². The third kappa shape index (κ3) is 2.17. The van der Waals surface area contributed by atoms with Gasteiger partial charge in [-0.25, -0.2) is 0 Å². The maximum atomic E-state index is 5.54. The fourth-order valence-electron chi connectivity index (χ4n) is 1.70. The molecule has 0 spiro atoms. The number of ether oxygens (including phenoxy) is 1. The van der Waals surface area contributed by atoms with Gasteiger partial charge in [0, 0.05) is 31.0 Å². The highest BCUT2D eigenvalue weighted by Crippen LogP contribution is 2.20. The molecule has 1 N–H and O–H groups in total. The van der Waals surface area contributed by atoms with Crippen LogP contribution >= 0.6 is 0 Å². The Balaban J connectivity index is 1.83. The van der Waals surface area contributed by atoms with Gasteiger partial charge in [-0.1, -0.05) is 5.16 Å². The van der Waals surface area contributed by atoms with Crippen LogP contribution in [0.4, 0.5) is 0 Å². The maximum absolute atomic E-state index is 5.54. The molecule has 2 aromatic heterocycles. The molecule has 6 heteroatoms. The van der Waals surface area contributed by atoms with E-state index >= 15 is 0 Å². The van der Waals surface area contributed by atoms with Crippen LogP contribution in [-0.2, 0) is 4.74 Å². The standard InChI is InChI=1S/C11H12N4O2/c1-2-8(6-12-3-1)10-14-11(17-15-10)9-7-13-4-5-16-9/h1-3,6,9,13H,4-5,7H2. The van der Waals surface area contributed by atoms with Gasteiger partial charge in [-0.2, -0.15) is 4.98 Å². The smallest absolute Gasteiger partial charge is 0.257 e. The second-order valence-corrected chi connectivity index (χ2v) is 3.76. The Hall–Kier alpha value is -1.79. The van der Waals surface area contributed by atoms with Gasteiger partial charge in [0.2, 0.25) is 5.82 Å². The Morgan fingerprint density at radius 2 is 2.41 bits per heavy atom. The van der Waals surface area contributed by atoms with E-state index in [2.05, 4.69) is 20.4 Å². The van der Waals surface area contributed by atoms with Crippen LogP contribution in [0, 0.1) is 0 Å². The first-order chi connectivity index (χ1) is 8.43. The van der Waals surface area contributed by atoms with Crippen LogP contribution in [-0.4, -0.2) is 34.8 Å². The number of nitrogens with zero attached hydrogens (tertiary/aromatic N) is 3. The molecule has 0 bridgehead atoms. The average molecular weight is 232 g/mol. The van der Waals surface area contributed by atoms with E-state index in [1.54, 1.807) is 12.4 Å². The van der Waals surface area contributed by atoms with E-state index in [9.17, 15) is 0 Å².